The lowest BCUT2D eigenvalue weighted by molar-refractivity contribution is -0.121. The molecule has 3 heteroatoms. The molecule has 0 aliphatic heterocycles. The summed E-state index contributed by atoms with van der Waals surface area (Å²) in [7, 11) is 1.90. The van der Waals surface area contributed by atoms with Crippen LogP contribution in [-0.2, 0) is 11.2 Å². The molecule has 0 aliphatic rings. The van der Waals surface area contributed by atoms with Gasteiger partial charge in [-0.15, -0.1) is 0 Å². The molecule has 18 heavy (non-hydrogen) atoms. The Morgan fingerprint density at radius 2 is 2.17 bits per heavy atom. The molecule has 0 unspecified atom stereocenters. The highest BCUT2D eigenvalue weighted by atomic mass is 16.5. The summed E-state index contributed by atoms with van der Waals surface area (Å²) in [5, 5.41) is 3.04. The van der Waals surface area contributed by atoms with Gasteiger partial charge in [0, 0.05) is 18.9 Å². The lowest BCUT2D eigenvalue weighted by Gasteiger charge is -2.08. The Hall–Kier alpha value is -1.35. The summed E-state index contributed by atoms with van der Waals surface area (Å²) >= 11 is 0. The molecule has 0 bridgehead atoms. The molecule has 0 heterocycles. The number of Topliss-reactive ketones (excluding diaryl/α,β-unsaturated/α-hetero) is 1. The number of benzene rings is 1. The maximum absolute atomic E-state index is 11.6. The number of ketones is 1. The number of carbonyl (C=O) groups excluding carboxylic acids is 1. The standard InChI is InChI=1S/C15H23NO2/c1-12(2)15(17)8-7-13-5-4-6-14(11-13)18-10-9-16-3/h4-6,11-12,16H,7-10H2,1-3H3. The molecule has 0 amide bonds. The lowest BCUT2D eigenvalue weighted by atomic mass is 10.0. The number of carbonyl (C=O) groups is 1. The molecule has 100 valence electrons. The molecule has 0 fully saturated rings. The van der Waals surface area contributed by atoms with E-state index in [4.69, 9.17) is 4.74 Å². The highest BCUT2D eigenvalue weighted by Gasteiger charge is 2.07. The minimum Gasteiger partial charge on any atom is -0.492 e. The highest BCUT2D eigenvalue weighted by Crippen LogP contribution is 2.15. The molecule has 0 aliphatic carbocycles. The quantitative estimate of drug-likeness (QED) is 0.719. The van der Waals surface area contributed by atoms with Gasteiger partial charge in [0.1, 0.15) is 18.1 Å². The highest BCUT2D eigenvalue weighted by molar-refractivity contribution is 5.80. The minimum absolute atomic E-state index is 0.125. The monoisotopic (exact) mass is 249 g/mol. The number of aryl methyl sites for hydroxylation is 1. The van der Waals surface area contributed by atoms with E-state index in [-0.39, 0.29) is 5.92 Å². The second-order valence-electron chi connectivity index (χ2n) is 4.72. The van der Waals surface area contributed by atoms with Gasteiger partial charge in [0.2, 0.25) is 0 Å². The van der Waals surface area contributed by atoms with Crippen molar-refractivity contribution in [1.29, 1.82) is 0 Å². The van der Waals surface area contributed by atoms with Gasteiger partial charge in [0.05, 0.1) is 0 Å². The summed E-state index contributed by atoms with van der Waals surface area (Å²) < 4.78 is 5.59. The third-order valence-electron chi connectivity index (χ3n) is 2.82. The molecule has 0 saturated carbocycles. The van der Waals surface area contributed by atoms with Crippen molar-refractivity contribution in [3.05, 3.63) is 29.8 Å². The summed E-state index contributed by atoms with van der Waals surface area (Å²) in [6.07, 6.45) is 1.40. The normalized spacial score (nSPS) is 10.7. The van der Waals surface area contributed by atoms with Crippen LogP contribution in [0.3, 0.4) is 0 Å². The number of likely N-dealkylation sites (N-methyl/N-ethyl adjacent to an activating group) is 1. The first-order chi connectivity index (χ1) is 8.63. The topological polar surface area (TPSA) is 38.3 Å². The van der Waals surface area contributed by atoms with E-state index in [1.165, 1.54) is 0 Å². The smallest absolute Gasteiger partial charge is 0.135 e. The second kappa shape index (κ2) is 7.88. The molecule has 0 saturated heterocycles. The Morgan fingerprint density at radius 1 is 1.39 bits per heavy atom. The van der Waals surface area contributed by atoms with Crippen LogP contribution in [0, 0.1) is 5.92 Å². The van der Waals surface area contributed by atoms with E-state index in [1.807, 2.05) is 45.2 Å². The van der Waals surface area contributed by atoms with E-state index in [0.29, 0.717) is 18.8 Å². The van der Waals surface area contributed by atoms with Gasteiger partial charge in [-0.3, -0.25) is 4.79 Å². The predicted octanol–water partition coefficient (Wildman–Crippen LogP) is 2.44. The summed E-state index contributed by atoms with van der Waals surface area (Å²) in [6, 6.07) is 7.98. The predicted molar refractivity (Wildman–Crippen MR) is 74.0 cm³/mol. The van der Waals surface area contributed by atoms with Crippen LogP contribution in [0.15, 0.2) is 24.3 Å². The van der Waals surface area contributed by atoms with E-state index in [2.05, 4.69) is 5.32 Å². The van der Waals surface area contributed by atoms with Crippen molar-refractivity contribution in [3.8, 4) is 5.75 Å². The van der Waals surface area contributed by atoms with Gasteiger partial charge in [-0.2, -0.15) is 0 Å². The van der Waals surface area contributed by atoms with Crippen molar-refractivity contribution in [1.82, 2.24) is 5.32 Å². The zero-order chi connectivity index (χ0) is 13.4. The molecule has 1 N–H and O–H groups in total. The van der Waals surface area contributed by atoms with Gasteiger partial charge in [-0.1, -0.05) is 26.0 Å². The molecule has 1 aromatic rings. The van der Waals surface area contributed by atoms with Gasteiger partial charge in [-0.25, -0.2) is 0 Å². The third kappa shape index (κ3) is 5.32. The fraction of sp³-hybridized carbons (Fsp3) is 0.533. The fourth-order valence-corrected chi connectivity index (χ4v) is 1.62. The number of nitrogens with one attached hydrogen (secondary N) is 1. The summed E-state index contributed by atoms with van der Waals surface area (Å²) in [4.78, 5) is 11.6. The van der Waals surface area contributed by atoms with Crippen LogP contribution in [0.4, 0.5) is 0 Å². The van der Waals surface area contributed by atoms with Crippen LogP contribution in [0.5, 0.6) is 5.75 Å². The van der Waals surface area contributed by atoms with Gasteiger partial charge in [0.15, 0.2) is 0 Å². The zero-order valence-corrected chi connectivity index (χ0v) is 11.5. The van der Waals surface area contributed by atoms with Crippen molar-refractivity contribution in [2.75, 3.05) is 20.2 Å². The largest absolute Gasteiger partial charge is 0.492 e. The first kappa shape index (κ1) is 14.7. The average Bonchev–Trinajstić information content (AvgIpc) is 2.36. The molecule has 0 spiro atoms. The number of hydrogen-bond acceptors (Lipinski definition) is 3. The van der Waals surface area contributed by atoms with Crippen molar-refractivity contribution < 1.29 is 9.53 Å². The Kier molecular flexibility index (Phi) is 6.44. The first-order valence-corrected chi connectivity index (χ1v) is 6.52. The fourth-order valence-electron chi connectivity index (χ4n) is 1.62. The molecular formula is C15H23NO2. The Morgan fingerprint density at radius 3 is 2.83 bits per heavy atom. The van der Waals surface area contributed by atoms with Crippen molar-refractivity contribution in [2.45, 2.75) is 26.7 Å². The molecule has 1 rings (SSSR count). The Labute approximate surface area is 110 Å². The zero-order valence-electron chi connectivity index (χ0n) is 11.5. The molecule has 1 aromatic carbocycles. The third-order valence-corrected chi connectivity index (χ3v) is 2.82. The van der Waals surface area contributed by atoms with Crippen LogP contribution in [0.25, 0.3) is 0 Å². The van der Waals surface area contributed by atoms with E-state index in [0.717, 1.165) is 24.3 Å². The number of rotatable bonds is 8. The van der Waals surface area contributed by atoms with Gasteiger partial charge >= 0.3 is 0 Å². The Balaban J connectivity index is 2.46. The molecule has 0 atom stereocenters. The van der Waals surface area contributed by atoms with Crippen LogP contribution < -0.4 is 10.1 Å². The van der Waals surface area contributed by atoms with Crippen molar-refractivity contribution >= 4 is 5.78 Å². The summed E-state index contributed by atoms with van der Waals surface area (Å²) in [5.74, 6) is 1.32. The maximum Gasteiger partial charge on any atom is 0.135 e. The molecular weight excluding hydrogens is 226 g/mol. The van der Waals surface area contributed by atoms with Gasteiger partial charge in [-0.05, 0) is 31.2 Å². The number of ether oxygens (including phenoxy) is 1. The average molecular weight is 249 g/mol. The van der Waals surface area contributed by atoms with Crippen LogP contribution >= 0.6 is 0 Å². The van der Waals surface area contributed by atoms with Crippen LogP contribution in [0.1, 0.15) is 25.8 Å². The van der Waals surface area contributed by atoms with Crippen LogP contribution in [-0.4, -0.2) is 26.0 Å². The minimum atomic E-state index is 0.125. The van der Waals surface area contributed by atoms with Gasteiger partial charge < -0.3 is 10.1 Å². The van der Waals surface area contributed by atoms with E-state index in [9.17, 15) is 4.79 Å². The lowest BCUT2D eigenvalue weighted by Crippen LogP contribution is -2.16. The van der Waals surface area contributed by atoms with Crippen LogP contribution in [0.2, 0.25) is 0 Å². The van der Waals surface area contributed by atoms with Crippen molar-refractivity contribution in [3.63, 3.8) is 0 Å². The first-order valence-electron chi connectivity index (χ1n) is 6.52. The molecule has 0 aromatic heterocycles. The summed E-state index contributed by atoms with van der Waals surface area (Å²) in [5.41, 5.74) is 1.16. The SMILES string of the molecule is CNCCOc1cccc(CCC(=O)C(C)C)c1. The van der Waals surface area contributed by atoms with E-state index >= 15 is 0 Å². The molecule has 3 nitrogen and oxygen atoms in total. The van der Waals surface area contributed by atoms with E-state index in [1.54, 1.807) is 0 Å². The Bertz CT molecular complexity index is 375. The molecule has 0 radical (unpaired) electrons. The number of hydrogen-bond donors (Lipinski definition) is 1. The van der Waals surface area contributed by atoms with Crippen molar-refractivity contribution in [2.24, 2.45) is 5.92 Å². The summed E-state index contributed by atoms with van der Waals surface area (Å²) in [6.45, 7) is 5.38. The van der Waals surface area contributed by atoms with Gasteiger partial charge in [0.25, 0.3) is 0 Å². The second-order valence-corrected chi connectivity index (χ2v) is 4.72. The van der Waals surface area contributed by atoms with E-state index < -0.39 is 0 Å². The maximum atomic E-state index is 11.6.